The van der Waals surface area contributed by atoms with Gasteiger partial charge in [-0.15, -0.1) is 0 Å². The predicted molar refractivity (Wildman–Crippen MR) is 409 cm³/mol. The predicted octanol–water partition coefficient (Wildman–Crippen LogP) is 19.4. The normalized spacial score (nSPS) is 21.0. The molecule has 0 atom stereocenters. The maximum absolute atomic E-state index is 6.75. The fourth-order valence-electron chi connectivity index (χ4n) is 18.0. The highest BCUT2D eigenvalue weighted by atomic mass is 16.5. The van der Waals surface area contributed by atoms with Crippen molar-refractivity contribution in [2.45, 2.75) is 283 Å². The molecule has 0 aliphatic carbocycles. The van der Waals surface area contributed by atoms with Crippen molar-refractivity contribution in [2.24, 2.45) is 0 Å². The monoisotopic (exact) mass is 1370 g/mol. The molecule has 12 nitrogen and oxygen atoms in total. The van der Waals surface area contributed by atoms with E-state index < -0.39 is 0 Å². The molecular formula is C88H126N4O8. The molecule has 0 unspecified atom stereocenters. The lowest BCUT2D eigenvalue weighted by atomic mass is 9.77. The van der Waals surface area contributed by atoms with E-state index in [-0.39, 0.29) is 68.7 Å². The van der Waals surface area contributed by atoms with Crippen molar-refractivity contribution in [1.29, 1.82) is 0 Å². The second-order valence-corrected chi connectivity index (χ2v) is 34.6. The molecule has 4 heterocycles. The van der Waals surface area contributed by atoms with Gasteiger partial charge in [-0.25, -0.2) is 0 Å². The summed E-state index contributed by atoms with van der Waals surface area (Å²) in [4.78, 5) is 10.7. The molecule has 6 aromatic carbocycles. The second-order valence-electron chi connectivity index (χ2n) is 34.6. The summed E-state index contributed by atoms with van der Waals surface area (Å²) < 4.78 is 53.9. The molecule has 0 amide bonds. The molecule has 12 heteroatoms. The van der Waals surface area contributed by atoms with Gasteiger partial charge >= 0.3 is 0 Å². The fourth-order valence-corrected chi connectivity index (χ4v) is 18.0. The molecule has 0 aromatic heterocycles. The molecule has 0 radical (unpaired) electrons. The van der Waals surface area contributed by atoms with Crippen LogP contribution in [0.15, 0.2) is 158 Å². The lowest BCUT2D eigenvalue weighted by molar-refractivity contribution is -0.109. The maximum Gasteiger partial charge on any atom is 0.123 e. The molecule has 4 aliphatic heterocycles. The second kappa shape index (κ2) is 33.3. The lowest BCUT2D eigenvalue weighted by Gasteiger charge is -2.55. The van der Waals surface area contributed by atoms with Crippen molar-refractivity contribution in [3.05, 3.63) is 180 Å². The van der Waals surface area contributed by atoms with Crippen molar-refractivity contribution in [3.63, 3.8) is 0 Å². The van der Waals surface area contributed by atoms with Crippen LogP contribution in [0.4, 0.5) is 0 Å². The molecule has 4 saturated heterocycles. The van der Waals surface area contributed by atoms with Crippen LogP contribution in [0.5, 0.6) is 23.0 Å². The summed E-state index contributed by atoms with van der Waals surface area (Å²) in [6, 6.07) is 56.0. The molecule has 546 valence electrons. The van der Waals surface area contributed by atoms with Gasteiger partial charge in [-0.1, -0.05) is 121 Å². The van der Waals surface area contributed by atoms with Crippen LogP contribution in [0.3, 0.4) is 0 Å². The Hall–Kier alpha value is -5.80. The zero-order chi connectivity index (χ0) is 71.4. The molecule has 10 rings (SSSR count). The fraction of sp³-hybridized carbons (Fsp3) is 0.591. The zero-order valence-electron chi connectivity index (χ0n) is 64.3. The lowest BCUT2D eigenvalue weighted by Crippen LogP contribution is -2.61. The highest BCUT2D eigenvalue weighted by molar-refractivity contribution is 5.70. The summed E-state index contributed by atoms with van der Waals surface area (Å²) >= 11 is 0. The highest BCUT2D eigenvalue weighted by Crippen LogP contribution is 2.46. The number of ether oxygens (including phenoxy) is 8. The molecule has 100 heavy (non-hydrogen) atoms. The SMILES string of the molecule is CC1(C)CC(OCCCOc2cc(OCCCOC3CC(C)(C)N(Cc4ccccc4)C(C)(C)C3)cc(-c3cc(OCCCOC4CC(C)(C)N(Cc5ccccc5)C(C)(C)C4)cc(OCCCOC4CC(C)(C)N(Cc5ccccc5)C(C)(C)C4)c3)c2)CC(C)(C)N1Cc1ccccc1. The van der Waals surface area contributed by atoms with Gasteiger partial charge in [0, 0.05) is 108 Å². The molecule has 0 spiro atoms. The Morgan fingerprint density at radius 1 is 0.250 bits per heavy atom. The Kier molecular flexibility index (Phi) is 25.6. The first-order valence-corrected chi connectivity index (χ1v) is 38.0. The number of hydrogen-bond acceptors (Lipinski definition) is 12. The van der Waals surface area contributed by atoms with Gasteiger partial charge in [0.15, 0.2) is 0 Å². The van der Waals surface area contributed by atoms with Crippen LogP contribution in [0.25, 0.3) is 11.1 Å². The van der Waals surface area contributed by atoms with Crippen LogP contribution in [-0.2, 0) is 45.1 Å². The zero-order valence-corrected chi connectivity index (χ0v) is 64.3. The third-order valence-electron chi connectivity index (χ3n) is 22.1. The van der Waals surface area contributed by atoms with Gasteiger partial charge in [0.25, 0.3) is 0 Å². The Bertz CT molecular complexity index is 2940. The van der Waals surface area contributed by atoms with Crippen LogP contribution >= 0.6 is 0 Å². The standard InChI is InChI=1S/C88H126N4O8/c1-81(2)55-77(56-82(3,4)89(81)63-67-33-21-17-22-34-67)97-45-29-41-93-73-49-71(50-74(53-73)94-42-30-46-98-78-57-83(5,6)90(84(7,8)58-78)64-68-35-23-18-24-36-68)72-51-75(95-43-31-47-99-79-59-85(9,10)91(86(11,12)60-79)65-69-37-25-19-26-38-69)54-76(52-72)96-44-32-48-100-80-61-87(13,14)92(88(15,16)62-80)66-70-39-27-20-28-40-70/h17-28,33-40,49-54,77-80H,29-32,41-48,55-66H2,1-16H3. The number of hydrogen-bond donors (Lipinski definition) is 0. The van der Waals surface area contributed by atoms with Crippen LogP contribution in [0.2, 0.25) is 0 Å². The molecule has 4 fully saturated rings. The Labute approximate surface area is 604 Å². The van der Waals surface area contributed by atoms with Crippen LogP contribution in [0, 0.1) is 0 Å². The summed E-state index contributed by atoms with van der Waals surface area (Å²) in [5.74, 6) is 2.96. The Morgan fingerprint density at radius 3 is 0.610 bits per heavy atom. The number of benzene rings is 6. The van der Waals surface area contributed by atoms with E-state index in [4.69, 9.17) is 37.9 Å². The van der Waals surface area contributed by atoms with Crippen LogP contribution < -0.4 is 18.9 Å². The first-order valence-electron chi connectivity index (χ1n) is 38.0. The topological polar surface area (TPSA) is 86.8 Å². The minimum Gasteiger partial charge on any atom is -0.493 e. The van der Waals surface area contributed by atoms with E-state index >= 15 is 0 Å². The van der Waals surface area contributed by atoms with Gasteiger partial charge in [0.1, 0.15) is 23.0 Å². The van der Waals surface area contributed by atoms with Gasteiger partial charge in [-0.2, -0.15) is 0 Å². The van der Waals surface area contributed by atoms with E-state index in [1.807, 2.05) is 12.1 Å². The van der Waals surface area contributed by atoms with Crippen LogP contribution in [-0.4, -0.2) is 141 Å². The van der Waals surface area contributed by atoms with Gasteiger partial charge in [-0.3, -0.25) is 19.6 Å². The third-order valence-corrected chi connectivity index (χ3v) is 22.1. The van der Waals surface area contributed by atoms with Crippen molar-refractivity contribution < 1.29 is 37.9 Å². The molecule has 0 saturated carbocycles. The van der Waals surface area contributed by atoms with E-state index in [1.165, 1.54) is 22.3 Å². The van der Waals surface area contributed by atoms with Gasteiger partial charge < -0.3 is 37.9 Å². The first kappa shape index (κ1) is 76.8. The Morgan fingerprint density at radius 2 is 0.430 bits per heavy atom. The minimum atomic E-state index is -0.0286. The number of nitrogens with zero attached hydrogens (tertiary/aromatic N) is 4. The maximum atomic E-state index is 6.75. The number of piperidine rings is 4. The highest BCUT2D eigenvalue weighted by Gasteiger charge is 2.49. The molecule has 6 aromatic rings. The van der Waals surface area contributed by atoms with Gasteiger partial charge in [0.2, 0.25) is 0 Å². The minimum absolute atomic E-state index is 0.0286. The number of likely N-dealkylation sites (tertiary alicyclic amines) is 4. The van der Waals surface area contributed by atoms with E-state index in [2.05, 4.69) is 276 Å². The Balaban J connectivity index is 0.815. The smallest absolute Gasteiger partial charge is 0.123 e. The first-order chi connectivity index (χ1) is 47.4. The van der Waals surface area contributed by atoms with Gasteiger partial charge in [0.05, 0.1) is 77.3 Å². The summed E-state index contributed by atoms with van der Waals surface area (Å²) in [5.41, 5.74) is 7.05. The van der Waals surface area contributed by atoms with Crippen molar-refractivity contribution in [2.75, 3.05) is 52.9 Å². The molecule has 0 bridgehead atoms. The van der Waals surface area contributed by atoms with Crippen LogP contribution in [0.1, 0.15) is 210 Å². The number of rotatable bonds is 33. The van der Waals surface area contributed by atoms with E-state index in [9.17, 15) is 0 Å². The summed E-state index contributed by atoms with van der Waals surface area (Å²) in [5, 5.41) is 0. The average molecular weight is 1370 g/mol. The average Bonchev–Trinajstić information content (AvgIpc) is 0.788. The van der Waals surface area contributed by atoms with Crippen molar-refractivity contribution >= 4 is 0 Å². The largest absolute Gasteiger partial charge is 0.493 e. The van der Waals surface area contributed by atoms with Gasteiger partial charge in [-0.05, 0) is 220 Å². The summed E-state index contributed by atoms with van der Waals surface area (Å²) in [6.45, 7) is 46.1. The van der Waals surface area contributed by atoms with E-state index in [0.717, 1.165) is 137 Å². The van der Waals surface area contributed by atoms with E-state index in [0.29, 0.717) is 52.9 Å². The molecule has 4 aliphatic rings. The quantitative estimate of drug-likeness (QED) is 0.0368. The molecule has 0 N–H and O–H groups in total. The van der Waals surface area contributed by atoms with E-state index in [1.54, 1.807) is 0 Å². The van der Waals surface area contributed by atoms with Crippen molar-refractivity contribution in [3.8, 4) is 34.1 Å². The third kappa shape index (κ3) is 21.2. The summed E-state index contributed by atoms with van der Waals surface area (Å²) in [6.07, 6.45) is 11.4. The molecular weight excluding hydrogens is 1240 g/mol. The summed E-state index contributed by atoms with van der Waals surface area (Å²) in [7, 11) is 0. The van der Waals surface area contributed by atoms with Crippen molar-refractivity contribution in [1.82, 2.24) is 19.6 Å².